The Morgan fingerprint density at radius 3 is 0.803 bits per heavy atom. The average molecular weight is 2250 g/mol. The van der Waals surface area contributed by atoms with E-state index in [9.17, 15) is 18.4 Å². The number of carbonyl (C=O) groups is 2. The summed E-state index contributed by atoms with van der Waals surface area (Å²) in [5.41, 5.74) is 40.1. The van der Waals surface area contributed by atoms with Gasteiger partial charge in [0.15, 0.2) is 0 Å². The first kappa shape index (κ1) is 94.9. The molecular formula is C84H58B2Br10F2N12NaO4S2. The van der Waals surface area contributed by atoms with E-state index in [1.54, 1.807) is 48.5 Å². The number of halogens is 12. The molecule has 17 rings (SSSR count). The van der Waals surface area contributed by atoms with Crippen molar-refractivity contribution in [2.45, 2.75) is 0 Å². The van der Waals surface area contributed by atoms with Crippen LogP contribution in [0.25, 0.3) is 89.2 Å². The Morgan fingerprint density at radius 2 is 0.547 bits per heavy atom. The number of carbonyl (C=O) groups excluding carboxylic acids is 2. The van der Waals surface area contributed by atoms with Crippen LogP contribution in [0.1, 0.15) is 22.1 Å². The van der Waals surface area contributed by atoms with Crippen molar-refractivity contribution in [3.8, 4) is 45.0 Å². The molecule has 13 aromatic carbocycles. The molecule has 4 heterocycles. The summed E-state index contributed by atoms with van der Waals surface area (Å²) < 4.78 is 50.1. The van der Waals surface area contributed by atoms with Gasteiger partial charge >= 0.3 is 36.7 Å². The van der Waals surface area contributed by atoms with Crippen molar-refractivity contribution in [1.82, 2.24) is 37.4 Å². The Labute approximate surface area is 790 Å². The number of fused-ring (bicyclic) bond motifs is 4. The van der Waals surface area contributed by atoms with E-state index < -0.39 is 30.3 Å². The van der Waals surface area contributed by atoms with Gasteiger partial charge in [0, 0.05) is 98.1 Å². The van der Waals surface area contributed by atoms with E-state index in [1.807, 2.05) is 170 Å². The smallest absolute Gasteiger partial charge is 1.00 e. The summed E-state index contributed by atoms with van der Waals surface area (Å²) in [6.45, 7) is 0. The summed E-state index contributed by atoms with van der Waals surface area (Å²) in [5, 5.41) is 17.0. The van der Waals surface area contributed by atoms with Gasteiger partial charge in [-0.2, -0.15) is 17.5 Å². The number of rotatable bonds is 8. The van der Waals surface area contributed by atoms with E-state index in [0.29, 0.717) is 39.9 Å². The molecule has 0 saturated heterocycles. The Kier molecular flexibility index (Phi) is 38.0. The molecule has 0 atom stereocenters. The van der Waals surface area contributed by atoms with Gasteiger partial charge in [0.05, 0.1) is 69.0 Å². The zero-order chi connectivity index (χ0) is 82.2. The number of hydrogen-bond donors (Lipinski definition) is 6. The molecule has 0 fully saturated rings. The third kappa shape index (κ3) is 26.0. The molecule has 4 aromatic heterocycles. The molecule has 17 aromatic rings. The van der Waals surface area contributed by atoms with Crippen LogP contribution in [0.3, 0.4) is 0 Å². The van der Waals surface area contributed by atoms with E-state index in [0.717, 1.165) is 146 Å². The number of nitrogens with two attached hydrogens (primary N) is 4. The van der Waals surface area contributed by atoms with Crippen LogP contribution >= 0.6 is 183 Å². The van der Waals surface area contributed by atoms with Gasteiger partial charge in [0.1, 0.15) is 55.8 Å². The van der Waals surface area contributed by atoms with Crippen LogP contribution in [0, 0.1) is 11.6 Å². The van der Waals surface area contributed by atoms with Gasteiger partial charge < -0.3 is 34.4 Å². The van der Waals surface area contributed by atoms with Crippen LogP contribution in [-0.2, 0) is 0 Å². The summed E-state index contributed by atoms with van der Waals surface area (Å²) in [6.07, 6.45) is 0. The fourth-order valence-electron chi connectivity index (χ4n) is 10.2. The molecule has 3 radical (unpaired) electrons. The van der Waals surface area contributed by atoms with Crippen LogP contribution in [0.15, 0.2) is 330 Å². The van der Waals surface area contributed by atoms with E-state index in [4.69, 9.17) is 52.9 Å². The normalized spacial score (nSPS) is 10.2. The quantitative estimate of drug-likeness (QED) is 0.0357. The first-order chi connectivity index (χ1) is 55.4. The summed E-state index contributed by atoms with van der Waals surface area (Å²) >= 11 is 36.7. The van der Waals surface area contributed by atoms with Gasteiger partial charge in [-0.25, -0.2) is 28.7 Å². The number of hydrogen-bond acceptors (Lipinski definition) is 18. The molecule has 10 N–H and O–H groups in total. The van der Waals surface area contributed by atoms with E-state index >= 15 is 0 Å². The van der Waals surface area contributed by atoms with Crippen molar-refractivity contribution in [2.24, 2.45) is 0 Å². The third-order valence-corrected chi connectivity index (χ3v) is 23.7. The van der Waals surface area contributed by atoms with Crippen molar-refractivity contribution in [3.05, 3.63) is 353 Å². The summed E-state index contributed by atoms with van der Waals surface area (Å²) in [7, 11) is -1.89. The number of nitrogen functional groups attached to an aromatic ring is 4. The van der Waals surface area contributed by atoms with E-state index in [-0.39, 0.29) is 44.9 Å². The maximum absolute atomic E-state index is 12.5. The van der Waals surface area contributed by atoms with Gasteiger partial charge in [-0.1, -0.05) is 200 Å². The molecule has 117 heavy (non-hydrogen) atoms. The molecule has 0 aliphatic carbocycles. The van der Waals surface area contributed by atoms with Crippen molar-refractivity contribution in [3.63, 3.8) is 0 Å². The minimum Gasteiger partial charge on any atom is -1.00 e. The topological polar surface area (TPSA) is 282 Å². The number of Topliss-reactive ketones (excluding diaryl/α,β-unsaturated/α-hetero) is 2. The van der Waals surface area contributed by atoms with Crippen LogP contribution < -0.4 is 58.0 Å². The molecule has 0 aliphatic heterocycles. The third-order valence-electron chi connectivity index (χ3n) is 16.0. The van der Waals surface area contributed by atoms with Gasteiger partial charge in [-0.3, -0.25) is 9.59 Å². The number of anilines is 4. The van der Waals surface area contributed by atoms with Crippen LogP contribution in [-0.4, -0.2) is 74.6 Å². The van der Waals surface area contributed by atoms with Crippen molar-refractivity contribution < 1.29 is 59.4 Å². The minimum atomic E-state index is -1.89. The Morgan fingerprint density at radius 1 is 0.316 bits per heavy atom. The zero-order valence-electron chi connectivity index (χ0n) is 61.7. The molecule has 0 bridgehead atoms. The molecule has 0 aliphatic rings. The number of ketones is 2. The fourth-order valence-corrected chi connectivity index (χ4v) is 15.4. The fraction of sp³-hybridized carbons (Fsp3) is 0. The second-order valence-corrected chi connectivity index (χ2v) is 33.2. The standard InChI is InChI=1S/2C20H12Br2N2.C14H10O2.C6H5BF2O2.C6H2Br2N2S.2C6H6Br2N2.C6H4N2S.B.Na.H/c2*21-15-11-12-16(22)20-19(15)23-17(13-7-3-1-4-8-13)18(24-20)14-9-5-2-6-10-14;15-13(11-7-3-1-4-8-11)14(16)12-9-5-2-6-10-12;8-4-1-2-5(7(10)11)6(9)3-4;7-3-1-2-4(8)6-5(3)9-11-10-6;2*7-3-1-2-4(8)6(10)5(3)9;1-2-4-6-5(3-1)7-9-8-6;;;/h2*1-12H;1-10H;1-3,10-11H;1-2H;2*1-2H,9-10H2;1-4H;;;/q;;;;;;;;;+1;-1. The maximum Gasteiger partial charge on any atom is 1.00 e. The maximum atomic E-state index is 12.5. The number of benzene rings is 13. The van der Waals surface area contributed by atoms with Gasteiger partial charge in [0.25, 0.3) is 0 Å². The molecular weight excluding hydrogens is 2190 g/mol. The van der Waals surface area contributed by atoms with Crippen molar-refractivity contribution in [1.29, 1.82) is 0 Å². The predicted molar refractivity (Wildman–Crippen MR) is 508 cm³/mol. The first-order valence-corrected chi connectivity index (χ1v) is 43.0. The average Bonchev–Trinajstić information content (AvgIpc) is 0.984. The zero-order valence-corrected chi connectivity index (χ0v) is 80.2. The second kappa shape index (κ2) is 46.9. The summed E-state index contributed by atoms with van der Waals surface area (Å²) in [4.78, 5) is 43.4. The molecule has 581 valence electrons. The molecule has 0 saturated carbocycles. The summed E-state index contributed by atoms with van der Waals surface area (Å²) in [6, 6.07) is 87.4. The van der Waals surface area contributed by atoms with Gasteiger partial charge in [-0.15, -0.1) is 0 Å². The van der Waals surface area contributed by atoms with E-state index in [2.05, 4.69) is 225 Å². The monoisotopic (exact) mass is 2230 g/mol. The predicted octanol–water partition coefficient (Wildman–Crippen LogP) is 21.8. The second-order valence-electron chi connectivity index (χ2n) is 23.6. The molecule has 33 heteroatoms. The van der Waals surface area contributed by atoms with Crippen LogP contribution in [0.2, 0.25) is 0 Å². The number of nitrogens with zero attached hydrogens (tertiary/aromatic N) is 8. The van der Waals surface area contributed by atoms with E-state index in [1.165, 1.54) is 23.5 Å². The van der Waals surface area contributed by atoms with Gasteiger partial charge in [-0.05, 0) is 238 Å². The number of aromatic nitrogens is 8. The Hall–Kier alpha value is -7.57. The summed E-state index contributed by atoms with van der Waals surface area (Å²) in [5.74, 6) is -2.63. The Balaban J connectivity index is 0.000000191. The largest absolute Gasteiger partial charge is 1.00 e. The van der Waals surface area contributed by atoms with Crippen LogP contribution in [0.4, 0.5) is 31.5 Å². The Bertz CT molecular complexity index is 5660. The van der Waals surface area contributed by atoms with Gasteiger partial charge in [0.2, 0.25) is 11.6 Å². The molecule has 16 nitrogen and oxygen atoms in total. The van der Waals surface area contributed by atoms with Crippen molar-refractivity contribution in [2.75, 3.05) is 22.9 Å². The van der Waals surface area contributed by atoms with Crippen molar-refractivity contribution >= 4 is 282 Å². The SMILES string of the molecule is Brc1ccc(Br)c2nc(-c3ccccc3)c(-c3ccccc3)nc12.Brc1ccc(Br)c2nc(-c3ccccc3)c(-c3ccccc3)nc12.Brc1ccc(Br)c2nsnc12.Nc1c(Br)ccc(Br)c1N.Nc1c(Br)ccc(Br)c1N.O=C(C(=O)c1ccccc1)c1ccccc1.OB(O)c1ccc(F)cc1F.[B].[H-].[Na+].c1ccc2nsnc2c1. The molecule has 0 amide bonds. The first-order valence-electron chi connectivity index (χ1n) is 33.6. The molecule has 0 spiro atoms. The van der Waals surface area contributed by atoms with Crippen LogP contribution in [0.5, 0.6) is 0 Å². The molecule has 0 unspecified atom stereocenters. The minimum absolute atomic E-state index is 0.